The molecule has 0 bridgehead atoms. The highest BCUT2D eigenvalue weighted by Crippen LogP contribution is 2.26. The Labute approximate surface area is 156 Å². The summed E-state index contributed by atoms with van der Waals surface area (Å²) in [4.78, 5) is 12.3. The fraction of sp³-hybridized carbons (Fsp3) is 0.667. The highest BCUT2D eigenvalue weighted by Gasteiger charge is 2.26. The first-order chi connectivity index (χ1) is 12.3. The topological polar surface area (TPSA) is 83.8 Å². The summed E-state index contributed by atoms with van der Waals surface area (Å²) < 4.78 is 27.6. The van der Waals surface area contributed by atoms with E-state index in [1.807, 2.05) is 19.0 Å². The largest absolute Gasteiger partial charge is 0.308 e. The second-order valence-electron chi connectivity index (χ2n) is 7.35. The molecule has 26 heavy (non-hydrogen) atoms. The van der Waals surface area contributed by atoms with Gasteiger partial charge in [0.2, 0.25) is 10.0 Å². The average molecular weight is 384 g/mol. The maximum absolute atomic E-state index is 13.0. The number of nitrogens with zero attached hydrogens (tertiary/aromatic N) is 3. The van der Waals surface area contributed by atoms with Gasteiger partial charge in [0, 0.05) is 31.8 Å². The standard InChI is InChI=1S/C18H29N3O4S/c1-19(2)12-13-20(14-16-6-4-3-5-7-16)26(24,25)15-17-8-10-18(11-9-17)21(22)23/h8-11,16H,3-7,12-15H2,1-2H3. The summed E-state index contributed by atoms with van der Waals surface area (Å²) in [5.41, 5.74) is 0.548. The van der Waals surface area contributed by atoms with Crippen molar-refractivity contribution in [3.63, 3.8) is 0 Å². The van der Waals surface area contributed by atoms with Crippen molar-refractivity contribution in [2.45, 2.75) is 37.9 Å². The molecule has 8 heteroatoms. The van der Waals surface area contributed by atoms with E-state index in [0.717, 1.165) is 12.8 Å². The maximum Gasteiger partial charge on any atom is 0.269 e. The van der Waals surface area contributed by atoms with E-state index >= 15 is 0 Å². The lowest BCUT2D eigenvalue weighted by Gasteiger charge is -2.30. The van der Waals surface area contributed by atoms with E-state index in [-0.39, 0.29) is 11.4 Å². The normalized spacial score (nSPS) is 16.3. The van der Waals surface area contributed by atoms with E-state index < -0.39 is 14.9 Å². The van der Waals surface area contributed by atoms with Crippen LogP contribution in [-0.2, 0) is 15.8 Å². The molecule has 1 aromatic rings. The van der Waals surface area contributed by atoms with Crippen LogP contribution in [0.3, 0.4) is 0 Å². The first kappa shape index (κ1) is 20.8. The second kappa shape index (κ2) is 9.43. The lowest BCUT2D eigenvalue weighted by atomic mass is 9.89. The zero-order valence-electron chi connectivity index (χ0n) is 15.6. The Morgan fingerprint density at radius 2 is 1.69 bits per heavy atom. The number of nitro groups is 1. The van der Waals surface area contributed by atoms with Gasteiger partial charge in [0.25, 0.3) is 5.69 Å². The number of rotatable bonds is 9. The second-order valence-corrected chi connectivity index (χ2v) is 9.31. The van der Waals surface area contributed by atoms with Gasteiger partial charge in [0.1, 0.15) is 0 Å². The summed E-state index contributed by atoms with van der Waals surface area (Å²) in [5.74, 6) is 0.308. The Morgan fingerprint density at radius 1 is 1.08 bits per heavy atom. The van der Waals surface area contributed by atoms with Crippen LogP contribution in [0, 0.1) is 16.0 Å². The van der Waals surface area contributed by atoms with Crippen LogP contribution in [0.5, 0.6) is 0 Å². The average Bonchev–Trinajstić information content (AvgIpc) is 2.59. The van der Waals surface area contributed by atoms with Crippen LogP contribution < -0.4 is 0 Å². The third-order valence-corrected chi connectivity index (χ3v) is 6.69. The van der Waals surface area contributed by atoms with Crippen LogP contribution >= 0.6 is 0 Å². The zero-order chi connectivity index (χ0) is 19.2. The summed E-state index contributed by atoms with van der Waals surface area (Å²) in [7, 11) is 0.398. The molecule has 0 aromatic heterocycles. The van der Waals surface area contributed by atoms with E-state index in [1.165, 1.54) is 43.5 Å². The molecular weight excluding hydrogens is 354 g/mol. The Bertz CT molecular complexity index is 683. The van der Waals surface area contributed by atoms with E-state index in [9.17, 15) is 18.5 Å². The van der Waals surface area contributed by atoms with Crippen molar-refractivity contribution in [1.82, 2.24) is 9.21 Å². The van der Waals surface area contributed by atoms with Gasteiger partial charge in [0.05, 0.1) is 10.7 Å². The summed E-state index contributed by atoms with van der Waals surface area (Å²) >= 11 is 0. The van der Waals surface area contributed by atoms with E-state index in [0.29, 0.717) is 31.1 Å². The minimum atomic E-state index is -3.47. The number of hydrogen-bond donors (Lipinski definition) is 0. The Morgan fingerprint density at radius 3 is 2.23 bits per heavy atom. The Balaban J connectivity index is 2.10. The monoisotopic (exact) mass is 383 g/mol. The molecule has 0 amide bonds. The highest BCUT2D eigenvalue weighted by atomic mass is 32.2. The van der Waals surface area contributed by atoms with Crippen LogP contribution in [0.15, 0.2) is 24.3 Å². The van der Waals surface area contributed by atoms with Gasteiger partial charge in [-0.1, -0.05) is 31.4 Å². The fourth-order valence-electron chi connectivity index (χ4n) is 3.33. The number of benzene rings is 1. The Hall–Kier alpha value is -1.51. The van der Waals surface area contributed by atoms with Gasteiger partial charge in [0.15, 0.2) is 0 Å². The SMILES string of the molecule is CN(C)CCN(CC1CCCCC1)S(=O)(=O)Cc1ccc([N+](=O)[O-])cc1. The summed E-state index contributed by atoms with van der Waals surface area (Å²) in [6.07, 6.45) is 5.77. The number of non-ortho nitro benzene ring substituents is 1. The molecule has 0 spiro atoms. The van der Waals surface area contributed by atoms with Gasteiger partial charge in [-0.2, -0.15) is 0 Å². The van der Waals surface area contributed by atoms with Crippen LogP contribution in [0.1, 0.15) is 37.7 Å². The molecule has 0 radical (unpaired) electrons. The van der Waals surface area contributed by atoms with Crippen molar-refractivity contribution in [3.8, 4) is 0 Å². The van der Waals surface area contributed by atoms with Crippen molar-refractivity contribution in [1.29, 1.82) is 0 Å². The smallest absolute Gasteiger partial charge is 0.269 e. The van der Waals surface area contributed by atoms with Gasteiger partial charge in [-0.15, -0.1) is 0 Å². The third-order valence-electron chi connectivity index (χ3n) is 4.87. The van der Waals surface area contributed by atoms with Crippen LogP contribution in [0.25, 0.3) is 0 Å². The van der Waals surface area contributed by atoms with Crippen molar-refractivity contribution >= 4 is 15.7 Å². The lowest BCUT2D eigenvalue weighted by molar-refractivity contribution is -0.384. The van der Waals surface area contributed by atoms with Gasteiger partial charge in [-0.3, -0.25) is 10.1 Å². The maximum atomic E-state index is 13.0. The number of nitro benzene ring substituents is 1. The van der Waals surface area contributed by atoms with E-state index in [4.69, 9.17) is 0 Å². The molecule has 0 saturated heterocycles. The molecule has 0 aliphatic heterocycles. The molecule has 0 heterocycles. The molecule has 1 saturated carbocycles. The van der Waals surface area contributed by atoms with Crippen molar-refractivity contribution in [2.24, 2.45) is 5.92 Å². The molecular formula is C18H29N3O4S. The van der Waals surface area contributed by atoms with Crippen LogP contribution in [0.4, 0.5) is 5.69 Å². The van der Waals surface area contributed by atoms with Gasteiger partial charge < -0.3 is 4.90 Å². The molecule has 7 nitrogen and oxygen atoms in total. The molecule has 0 N–H and O–H groups in total. The molecule has 146 valence electrons. The molecule has 1 aromatic carbocycles. The Kier molecular flexibility index (Phi) is 7.55. The predicted molar refractivity (Wildman–Crippen MR) is 102 cm³/mol. The van der Waals surface area contributed by atoms with E-state index in [2.05, 4.69) is 0 Å². The predicted octanol–water partition coefficient (Wildman–Crippen LogP) is 2.87. The van der Waals surface area contributed by atoms with E-state index in [1.54, 1.807) is 4.31 Å². The van der Waals surface area contributed by atoms with Gasteiger partial charge in [-0.25, -0.2) is 12.7 Å². The molecule has 1 aliphatic carbocycles. The van der Waals surface area contributed by atoms with Crippen molar-refractivity contribution in [3.05, 3.63) is 39.9 Å². The molecule has 1 fully saturated rings. The van der Waals surface area contributed by atoms with Gasteiger partial charge >= 0.3 is 0 Å². The number of likely N-dealkylation sites (N-methyl/N-ethyl adjacent to an activating group) is 1. The molecule has 0 atom stereocenters. The van der Waals surface area contributed by atoms with Crippen LogP contribution in [0.2, 0.25) is 0 Å². The quantitative estimate of drug-likeness (QED) is 0.484. The first-order valence-corrected chi connectivity index (χ1v) is 10.7. The van der Waals surface area contributed by atoms with Crippen molar-refractivity contribution < 1.29 is 13.3 Å². The lowest BCUT2D eigenvalue weighted by Crippen LogP contribution is -2.40. The summed E-state index contributed by atoms with van der Waals surface area (Å²) in [5, 5.41) is 10.8. The minimum absolute atomic E-state index is 0.0298. The van der Waals surface area contributed by atoms with Crippen molar-refractivity contribution in [2.75, 3.05) is 33.7 Å². The molecule has 2 rings (SSSR count). The minimum Gasteiger partial charge on any atom is -0.308 e. The first-order valence-electron chi connectivity index (χ1n) is 9.14. The van der Waals surface area contributed by atoms with Crippen LogP contribution in [-0.4, -0.2) is 56.3 Å². The highest BCUT2D eigenvalue weighted by molar-refractivity contribution is 7.88. The molecule has 0 unspecified atom stereocenters. The summed E-state index contributed by atoms with van der Waals surface area (Å²) in [6, 6.07) is 5.77. The number of hydrogen-bond acceptors (Lipinski definition) is 5. The number of sulfonamides is 1. The molecule has 1 aliphatic rings. The van der Waals surface area contributed by atoms with Gasteiger partial charge in [-0.05, 0) is 38.4 Å². The zero-order valence-corrected chi connectivity index (χ0v) is 16.5. The third kappa shape index (κ3) is 6.34. The summed E-state index contributed by atoms with van der Waals surface area (Å²) in [6.45, 7) is 1.72. The fourth-order valence-corrected chi connectivity index (χ4v) is 4.92.